The Morgan fingerprint density at radius 2 is 1.93 bits per heavy atom. The van der Waals surface area contributed by atoms with E-state index in [0.29, 0.717) is 29.4 Å². The minimum absolute atomic E-state index is 0.0351. The Balaban J connectivity index is 1.75. The van der Waals surface area contributed by atoms with Gasteiger partial charge in [-0.2, -0.15) is 0 Å². The lowest BCUT2D eigenvalue weighted by Gasteiger charge is -2.31. The maximum atomic E-state index is 13.2. The van der Waals surface area contributed by atoms with Crippen molar-refractivity contribution >= 4 is 35.2 Å². The molecule has 28 heavy (non-hydrogen) atoms. The Hall–Kier alpha value is -2.05. The Kier molecular flexibility index (Phi) is 6.62. The van der Waals surface area contributed by atoms with Crippen LogP contribution in [0, 0.1) is 5.82 Å². The standard InChI is InChI=1S/C21H22ClFN2O2S/c1-14(2)24(20(27)15-7-9-16(23)10-8-15)11-12-25-19(26)13-28-21(25)17-5-3-4-6-18(17)22/h3-10,14,21H,11-13H2,1-2H3/t21-/m0/s1. The van der Waals surface area contributed by atoms with Gasteiger partial charge >= 0.3 is 0 Å². The van der Waals surface area contributed by atoms with Gasteiger partial charge in [0.2, 0.25) is 5.91 Å². The van der Waals surface area contributed by atoms with E-state index in [0.717, 1.165) is 5.56 Å². The van der Waals surface area contributed by atoms with Gasteiger partial charge in [-0.3, -0.25) is 9.59 Å². The first-order valence-electron chi connectivity index (χ1n) is 9.10. The van der Waals surface area contributed by atoms with Crippen molar-refractivity contribution in [3.8, 4) is 0 Å². The highest BCUT2D eigenvalue weighted by molar-refractivity contribution is 8.00. The molecule has 0 spiro atoms. The quantitative estimate of drug-likeness (QED) is 0.685. The van der Waals surface area contributed by atoms with E-state index < -0.39 is 0 Å². The van der Waals surface area contributed by atoms with Crippen LogP contribution in [0.4, 0.5) is 4.39 Å². The van der Waals surface area contributed by atoms with Crippen LogP contribution in [-0.2, 0) is 4.79 Å². The largest absolute Gasteiger partial charge is 0.334 e. The molecule has 4 nitrogen and oxygen atoms in total. The van der Waals surface area contributed by atoms with Crippen molar-refractivity contribution < 1.29 is 14.0 Å². The van der Waals surface area contributed by atoms with Gasteiger partial charge in [-0.15, -0.1) is 11.8 Å². The summed E-state index contributed by atoms with van der Waals surface area (Å²) in [4.78, 5) is 28.8. The van der Waals surface area contributed by atoms with E-state index in [9.17, 15) is 14.0 Å². The van der Waals surface area contributed by atoms with Crippen LogP contribution < -0.4 is 0 Å². The first kappa shape index (κ1) is 20.7. The molecule has 1 saturated heterocycles. The third kappa shape index (κ3) is 4.50. The molecular weight excluding hydrogens is 399 g/mol. The molecule has 3 rings (SSSR count). The van der Waals surface area contributed by atoms with Gasteiger partial charge < -0.3 is 9.80 Å². The molecular formula is C21H22ClFN2O2S. The molecule has 1 aliphatic rings. The molecule has 0 unspecified atom stereocenters. The van der Waals surface area contributed by atoms with Crippen molar-refractivity contribution in [2.24, 2.45) is 0 Å². The van der Waals surface area contributed by atoms with Gasteiger partial charge in [0.25, 0.3) is 5.91 Å². The highest BCUT2D eigenvalue weighted by atomic mass is 35.5. The van der Waals surface area contributed by atoms with Crippen molar-refractivity contribution in [3.63, 3.8) is 0 Å². The summed E-state index contributed by atoms with van der Waals surface area (Å²) in [7, 11) is 0. The number of thioether (sulfide) groups is 1. The minimum Gasteiger partial charge on any atom is -0.334 e. The second-order valence-electron chi connectivity index (χ2n) is 6.87. The maximum Gasteiger partial charge on any atom is 0.254 e. The fraction of sp³-hybridized carbons (Fsp3) is 0.333. The summed E-state index contributed by atoms with van der Waals surface area (Å²) in [6.07, 6.45) is 0. The van der Waals surface area contributed by atoms with E-state index in [-0.39, 0.29) is 29.0 Å². The lowest BCUT2D eigenvalue weighted by atomic mass is 10.1. The molecule has 2 amide bonds. The summed E-state index contributed by atoms with van der Waals surface area (Å²) >= 11 is 7.87. The zero-order chi connectivity index (χ0) is 20.3. The zero-order valence-corrected chi connectivity index (χ0v) is 17.3. The van der Waals surface area contributed by atoms with Gasteiger partial charge in [-0.1, -0.05) is 29.8 Å². The Morgan fingerprint density at radius 3 is 2.57 bits per heavy atom. The van der Waals surface area contributed by atoms with Crippen molar-refractivity contribution in [3.05, 3.63) is 70.5 Å². The van der Waals surface area contributed by atoms with E-state index in [1.165, 1.54) is 36.0 Å². The normalized spacial score (nSPS) is 16.7. The van der Waals surface area contributed by atoms with Gasteiger partial charge in [0.15, 0.2) is 0 Å². The highest BCUT2D eigenvalue weighted by Crippen LogP contribution is 2.41. The Labute approximate surface area is 173 Å². The molecule has 1 aliphatic heterocycles. The van der Waals surface area contributed by atoms with Gasteiger partial charge in [0.1, 0.15) is 11.2 Å². The maximum absolute atomic E-state index is 13.2. The number of benzene rings is 2. The summed E-state index contributed by atoms with van der Waals surface area (Å²) in [5.41, 5.74) is 1.33. The lowest BCUT2D eigenvalue weighted by Crippen LogP contribution is -2.43. The lowest BCUT2D eigenvalue weighted by molar-refractivity contribution is -0.128. The summed E-state index contributed by atoms with van der Waals surface area (Å²) in [5.74, 6) is -0.130. The predicted molar refractivity (Wildman–Crippen MR) is 111 cm³/mol. The number of carbonyl (C=O) groups is 2. The topological polar surface area (TPSA) is 40.6 Å². The summed E-state index contributed by atoms with van der Waals surface area (Å²) < 4.78 is 13.2. The molecule has 1 heterocycles. The van der Waals surface area contributed by atoms with Crippen LogP contribution in [0.15, 0.2) is 48.5 Å². The van der Waals surface area contributed by atoms with Crippen molar-refractivity contribution in [2.75, 3.05) is 18.8 Å². The fourth-order valence-electron chi connectivity index (χ4n) is 3.20. The van der Waals surface area contributed by atoms with Crippen molar-refractivity contribution in [1.82, 2.24) is 9.80 Å². The molecule has 0 bridgehead atoms. The molecule has 2 aromatic carbocycles. The third-order valence-electron chi connectivity index (χ3n) is 4.70. The Morgan fingerprint density at radius 1 is 1.25 bits per heavy atom. The molecule has 0 N–H and O–H groups in total. The van der Waals surface area contributed by atoms with Crippen LogP contribution in [0.25, 0.3) is 0 Å². The first-order valence-corrected chi connectivity index (χ1v) is 10.5. The van der Waals surface area contributed by atoms with Gasteiger partial charge in [0, 0.05) is 35.3 Å². The van der Waals surface area contributed by atoms with Crippen LogP contribution >= 0.6 is 23.4 Å². The second kappa shape index (κ2) is 8.97. The summed E-state index contributed by atoms with van der Waals surface area (Å²) in [6, 6.07) is 13.0. The first-order chi connectivity index (χ1) is 13.4. The van der Waals surface area contributed by atoms with Gasteiger partial charge in [-0.05, 0) is 44.2 Å². The van der Waals surface area contributed by atoms with Crippen LogP contribution in [0.1, 0.15) is 35.1 Å². The van der Waals surface area contributed by atoms with Crippen LogP contribution in [0.3, 0.4) is 0 Å². The van der Waals surface area contributed by atoms with E-state index >= 15 is 0 Å². The van der Waals surface area contributed by atoms with Crippen molar-refractivity contribution in [2.45, 2.75) is 25.3 Å². The van der Waals surface area contributed by atoms with Crippen LogP contribution in [0.5, 0.6) is 0 Å². The average molecular weight is 421 g/mol. The van der Waals surface area contributed by atoms with Gasteiger partial charge in [-0.25, -0.2) is 4.39 Å². The number of rotatable bonds is 6. The number of nitrogens with zero attached hydrogens (tertiary/aromatic N) is 2. The van der Waals surface area contributed by atoms with Gasteiger partial charge in [0.05, 0.1) is 5.75 Å². The number of halogens is 2. The summed E-state index contributed by atoms with van der Waals surface area (Å²) in [5, 5.41) is 0.471. The van der Waals surface area contributed by atoms with Crippen LogP contribution in [-0.4, -0.2) is 46.5 Å². The van der Waals surface area contributed by atoms with E-state index in [4.69, 9.17) is 11.6 Å². The predicted octanol–water partition coefficient (Wildman–Crippen LogP) is 4.60. The zero-order valence-electron chi connectivity index (χ0n) is 15.8. The van der Waals surface area contributed by atoms with E-state index in [1.54, 1.807) is 9.80 Å². The average Bonchev–Trinajstić information content (AvgIpc) is 3.03. The molecule has 2 aromatic rings. The molecule has 0 radical (unpaired) electrons. The number of hydrogen-bond acceptors (Lipinski definition) is 3. The van der Waals surface area contributed by atoms with Crippen LogP contribution in [0.2, 0.25) is 5.02 Å². The number of carbonyl (C=O) groups excluding carboxylic acids is 2. The number of amides is 2. The molecule has 1 fully saturated rings. The molecule has 0 saturated carbocycles. The van der Waals surface area contributed by atoms with E-state index in [1.807, 2.05) is 38.1 Å². The van der Waals surface area contributed by atoms with Crippen molar-refractivity contribution in [1.29, 1.82) is 0 Å². The molecule has 7 heteroatoms. The molecule has 1 atom stereocenters. The summed E-state index contributed by atoms with van der Waals surface area (Å²) in [6.45, 7) is 4.65. The number of hydrogen-bond donors (Lipinski definition) is 0. The smallest absolute Gasteiger partial charge is 0.254 e. The molecule has 0 aromatic heterocycles. The van der Waals surface area contributed by atoms with E-state index in [2.05, 4.69) is 0 Å². The minimum atomic E-state index is -0.380. The SMILES string of the molecule is CC(C)N(CCN1C(=O)CS[C@H]1c1ccccc1Cl)C(=O)c1ccc(F)cc1. The second-order valence-corrected chi connectivity index (χ2v) is 8.35. The highest BCUT2D eigenvalue weighted by Gasteiger charge is 2.34. The fourth-order valence-corrected chi connectivity index (χ4v) is 4.75. The molecule has 148 valence electrons. The molecule has 0 aliphatic carbocycles. The monoisotopic (exact) mass is 420 g/mol. The third-order valence-corrected chi connectivity index (χ3v) is 6.28. The Bertz CT molecular complexity index is 860.